The summed E-state index contributed by atoms with van der Waals surface area (Å²) in [6, 6.07) is 0. The van der Waals surface area contributed by atoms with Crippen LogP contribution < -0.4 is 69.3 Å². The van der Waals surface area contributed by atoms with Crippen LogP contribution in [-0.4, -0.2) is 29.7 Å². The molecule has 22 heavy (non-hydrogen) atoms. The Morgan fingerprint density at radius 3 is 1.27 bits per heavy atom. The van der Waals surface area contributed by atoms with Crippen molar-refractivity contribution in [3.8, 4) is 0 Å². The van der Waals surface area contributed by atoms with Gasteiger partial charge in [-0.25, -0.2) is 0 Å². The molecule has 0 aromatic heterocycles. The Bertz CT molecular complexity index is 220. The zero-order valence-corrected chi connectivity index (χ0v) is 19.1. The van der Waals surface area contributed by atoms with Crippen LogP contribution in [-0.2, 0) is 9.59 Å². The van der Waals surface area contributed by atoms with Crippen LogP contribution in [0, 0.1) is 0 Å². The molecule has 7 heteroatoms. The molecule has 0 fully saturated rings. The van der Waals surface area contributed by atoms with Gasteiger partial charge in [-0.1, -0.05) is 0 Å². The van der Waals surface area contributed by atoms with Crippen molar-refractivity contribution >= 4 is 29.7 Å². The topological polar surface area (TPSA) is 80.3 Å². The predicted octanol–water partition coefficient (Wildman–Crippen LogP) is -4.62. The number of carbonyl (C=O) groups excluding carboxylic acids is 2. The Labute approximate surface area is 189 Å². The third-order valence-electron chi connectivity index (χ3n) is 3.00. The maximum absolute atomic E-state index is 9.28. The molecule has 0 aromatic rings. The van der Waals surface area contributed by atoms with E-state index in [1.165, 1.54) is 69.3 Å². The summed E-state index contributed by atoms with van der Waals surface area (Å²) in [5.74, 6) is -3.25. The van der Waals surface area contributed by atoms with E-state index in [1.807, 2.05) is 0 Å². The molecule has 0 unspecified atom stereocenters. The first-order chi connectivity index (χ1) is 9.54. The molecule has 0 amide bonds. The van der Waals surface area contributed by atoms with E-state index in [0.29, 0.717) is 0 Å². The summed E-state index contributed by atoms with van der Waals surface area (Å²) in [6.07, 6.45) is 13.5. The van der Waals surface area contributed by atoms with E-state index in [9.17, 15) is 19.8 Å². The van der Waals surface area contributed by atoms with Gasteiger partial charge in [-0.3, -0.25) is 0 Å². The Kier molecular flexibility index (Phi) is 39.0. The standard InChI is InChI=1S/C12H25.C3H4O4.Li.2Na/c1-3-5-7-9-11-12-10-8-6-4-2;4-2(5)1-3(6)7;;;/h1,3-12H2,2H3;1H2,(H,4,5)(H,6,7);;;/q;;;2*+1/p-2. The summed E-state index contributed by atoms with van der Waals surface area (Å²) in [4.78, 5) is 18.6. The number of carboxylic acids is 2. The zero-order valence-electron chi connectivity index (χ0n) is 15.1. The van der Waals surface area contributed by atoms with Crippen LogP contribution in [0.2, 0.25) is 5.09 Å². The van der Waals surface area contributed by atoms with E-state index >= 15 is 0 Å². The van der Waals surface area contributed by atoms with Gasteiger partial charge in [0.1, 0.15) is 0 Å². The van der Waals surface area contributed by atoms with Crippen LogP contribution >= 0.6 is 0 Å². The number of hydrogen-bond donors (Lipinski definition) is 0. The minimum absolute atomic E-state index is 0. The predicted molar refractivity (Wildman–Crippen MR) is 77.0 cm³/mol. The fraction of sp³-hybridized carbons (Fsp3) is 0.867. The van der Waals surface area contributed by atoms with E-state index < -0.39 is 18.4 Å². The third kappa shape index (κ3) is 37.6. The summed E-state index contributed by atoms with van der Waals surface area (Å²) in [5, 5.41) is 19.9. The van der Waals surface area contributed by atoms with Crippen molar-refractivity contribution in [3.05, 3.63) is 0 Å². The molecule has 0 atom stereocenters. The van der Waals surface area contributed by atoms with Crippen molar-refractivity contribution in [2.45, 2.75) is 82.6 Å². The number of carboxylic acid groups (broad SMARTS) is 2. The summed E-state index contributed by atoms with van der Waals surface area (Å²) in [5.41, 5.74) is 0. The Hall–Kier alpha value is 1.54. The molecule has 0 aromatic carbocycles. The first kappa shape index (κ1) is 31.3. The van der Waals surface area contributed by atoms with Gasteiger partial charge in [-0.2, -0.15) is 0 Å². The number of unbranched alkanes of at least 4 members (excludes halogenated alkanes) is 9. The van der Waals surface area contributed by atoms with Crippen molar-refractivity contribution in [2.75, 3.05) is 0 Å². The van der Waals surface area contributed by atoms with Crippen LogP contribution in [0.4, 0.5) is 0 Å². The van der Waals surface area contributed by atoms with E-state index in [4.69, 9.17) is 0 Å². The van der Waals surface area contributed by atoms with Gasteiger partial charge in [0.05, 0.1) is 0 Å². The number of rotatable bonds is 12. The van der Waals surface area contributed by atoms with Crippen molar-refractivity contribution in [2.24, 2.45) is 0 Å². The van der Waals surface area contributed by atoms with Crippen molar-refractivity contribution in [3.63, 3.8) is 0 Å². The van der Waals surface area contributed by atoms with Crippen molar-refractivity contribution in [1.82, 2.24) is 0 Å². The first-order valence-electron chi connectivity index (χ1n) is 7.94. The molecule has 0 aliphatic carbocycles. The van der Waals surface area contributed by atoms with E-state index in [0.717, 1.165) is 0 Å². The van der Waals surface area contributed by atoms with Gasteiger partial charge >= 0.3 is 153 Å². The van der Waals surface area contributed by atoms with Crippen LogP contribution in [0.5, 0.6) is 0 Å². The number of carbonyl (C=O) groups is 2. The molecule has 0 saturated carbocycles. The average molecular weight is 324 g/mol. The maximum atomic E-state index is 9.28. The molecule has 4 nitrogen and oxygen atoms in total. The number of aliphatic carboxylic acids is 2. The molecule has 0 heterocycles. The molecule has 114 valence electrons. The average Bonchev–Trinajstić information content (AvgIpc) is 2.36. The van der Waals surface area contributed by atoms with Crippen molar-refractivity contribution in [1.29, 1.82) is 0 Å². The molecule has 0 spiro atoms. The van der Waals surface area contributed by atoms with Gasteiger partial charge in [0.15, 0.2) is 0 Å². The second-order valence-corrected chi connectivity index (χ2v) is 5.10. The molecule has 0 radical (unpaired) electrons. The van der Waals surface area contributed by atoms with Gasteiger partial charge < -0.3 is 19.8 Å². The molecular formula is C15H27LiNa2O4. The number of hydrogen-bond acceptors (Lipinski definition) is 4. The molecule has 0 rings (SSSR count). The van der Waals surface area contributed by atoms with Gasteiger partial charge in [0.2, 0.25) is 0 Å². The van der Waals surface area contributed by atoms with Gasteiger partial charge in [0.25, 0.3) is 0 Å². The Morgan fingerprint density at radius 1 is 0.727 bits per heavy atom. The normalized spacial score (nSPS) is 8.86. The van der Waals surface area contributed by atoms with E-state index in [2.05, 4.69) is 24.6 Å². The quantitative estimate of drug-likeness (QED) is 0.205. The first-order valence-corrected chi connectivity index (χ1v) is 7.94. The minimum atomic E-state index is -1.63. The zero-order chi connectivity index (χ0) is 15.6. The molecule has 0 aliphatic heterocycles. The summed E-state index contributed by atoms with van der Waals surface area (Å²) < 4.78 is 0. The fourth-order valence-electron chi connectivity index (χ4n) is 1.86. The smallest absolute Gasteiger partial charge is 1.00 e. The molecule has 0 bridgehead atoms. The summed E-state index contributed by atoms with van der Waals surface area (Å²) >= 11 is 2.28. The minimum Gasteiger partial charge on any atom is 1.00 e. The van der Waals surface area contributed by atoms with Crippen LogP contribution in [0.1, 0.15) is 77.6 Å². The van der Waals surface area contributed by atoms with Crippen LogP contribution in [0.3, 0.4) is 0 Å². The van der Waals surface area contributed by atoms with Gasteiger partial charge in [-0.05, 0) is 0 Å². The summed E-state index contributed by atoms with van der Waals surface area (Å²) in [7, 11) is 0. The third-order valence-corrected chi connectivity index (χ3v) is 3.00. The monoisotopic (exact) mass is 324 g/mol. The van der Waals surface area contributed by atoms with E-state index in [1.54, 1.807) is 0 Å². The Balaban J connectivity index is -0.000000156. The fourth-order valence-corrected chi connectivity index (χ4v) is 1.86. The molecule has 0 aliphatic rings. The van der Waals surface area contributed by atoms with E-state index in [-0.39, 0.29) is 59.1 Å². The SMILES string of the molecule is O=C([O-])CC(=O)[O-].[Li][CH2]CCCCCCCCCCC.[Na+].[Na+]. The van der Waals surface area contributed by atoms with Gasteiger partial charge in [0, 0.05) is 18.4 Å². The van der Waals surface area contributed by atoms with Crippen LogP contribution in [0.15, 0.2) is 0 Å². The second-order valence-electron chi connectivity index (χ2n) is 5.10. The molecular weight excluding hydrogens is 297 g/mol. The molecule has 0 saturated heterocycles. The summed E-state index contributed by atoms with van der Waals surface area (Å²) in [6.45, 7) is 2.28. The molecule has 0 N–H and O–H groups in total. The van der Waals surface area contributed by atoms with Crippen molar-refractivity contribution < 1.29 is 78.9 Å². The van der Waals surface area contributed by atoms with Crippen LogP contribution in [0.25, 0.3) is 0 Å². The van der Waals surface area contributed by atoms with Gasteiger partial charge in [-0.15, -0.1) is 0 Å². The second kappa shape index (κ2) is 27.4. The Morgan fingerprint density at radius 2 is 1.05 bits per heavy atom.